The molecule has 1 saturated heterocycles. The lowest BCUT2D eigenvalue weighted by Gasteiger charge is -2.41. The molecule has 68 heavy (non-hydrogen) atoms. The van der Waals surface area contributed by atoms with E-state index in [0.29, 0.717) is 13.0 Å². The van der Waals surface area contributed by atoms with Crippen molar-refractivity contribution in [1.82, 2.24) is 0 Å². The Bertz CT molecular complexity index is 1280. The Labute approximate surface area is 416 Å². The Morgan fingerprint density at radius 1 is 0.559 bits per heavy atom. The number of hydrogen-bond acceptors (Lipinski definition) is 11. The normalized spacial score (nSPS) is 19.4. The Hall–Kier alpha value is -1.42. The molecule has 6 unspecified atom stereocenters. The van der Waals surface area contributed by atoms with Gasteiger partial charge in [0, 0.05) is 13.0 Å². The largest absolute Gasteiger partial charge is 0.457 e. The van der Waals surface area contributed by atoms with Crippen LogP contribution >= 0.6 is 0 Å². The quantitative estimate of drug-likeness (QED) is 0.0196. The summed E-state index contributed by atoms with van der Waals surface area (Å²) in [5, 5.41) is 30.8. The van der Waals surface area contributed by atoms with Crippen LogP contribution in [0.4, 0.5) is 0 Å². The van der Waals surface area contributed by atoms with Gasteiger partial charge in [-0.25, -0.2) is 4.18 Å². The van der Waals surface area contributed by atoms with Gasteiger partial charge in [-0.15, -0.1) is 0 Å². The van der Waals surface area contributed by atoms with Crippen molar-refractivity contribution in [2.24, 2.45) is 0 Å². The van der Waals surface area contributed by atoms with Gasteiger partial charge in [0.1, 0.15) is 30.5 Å². The van der Waals surface area contributed by atoms with Crippen LogP contribution in [0.5, 0.6) is 0 Å². The average molecular weight is 989 g/mol. The van der Waals surface area contributed by atoms with Crippen LogP contribution in [-0.2, 0) is 38.3 Å². The Kier molecular flexibility index (Phi) is 44.3. The maximum absolute atomic E-state index is 12.9. The minimum atomic E-state index is -5.06. The standard InChI is InChI=1S/C55H104O12S/c1-3-5-7-9-11-13-15-17-19-21-23-25-26-28-30-32-34-36-38-40-42-44-51(57)65-49(48-64-55-53(59)54(67-68(60,61)62)52(58)50(46-56)66-55)47-63-45-43-41-39-37-35-33-31-29-27-24-22-20-18-16-14-12-10-8-6-4-2/h12,14,18,20,49-50,52-56,58-59H,3-11,13,15-17,19,21-48H2,1-2H3,(H,60,61,62)/b14-12-,20-18-. The summed E-state index contributed by atoms with van der Waals surface area (Å²) in [6, 6.07) is 0. The highest BCUT2D eigenvalue weighted by molar-refractivity contribution is 7.80. The minimum absolute atomic E-state index is 0.0385. The molecule has 0 aromatic rings. The topological polar surface area (TPSA) is 178 Å². The van der Waals surface area contributed by atoms with Crippen LogP contribution in [0, 0.1) is 0 Å². The highest BCUT2D eigenvalue weighted by Crippen LogP contribution is 2.26. The fourth-order valence-electron chi connectivity index (χ4n) is 8.82. The summed E-state index contributed by atoms with van der Waals surface area (Å²) < 4.78 is 59.4. The molecule has 1 fully saturated rings. The van der Waals surface area contributed by atoms with Gasteiger partial charge in [0.05, 0.1) is 19.8 Å². The third kappa shape index (κ3) is 39.2. The summed E-state index contributed by atoms with van der Waals surface area (Å²) in [5.74, 6) is -0.394. The van der Waals surface area contributed by atoms with E-state index >= 15 is 0 Å². The van der Waals surface area contributed by atoms with E-state index in [4.69, 9.17) is 18.9 Å². The number of allylic oxidation sites excluding steroid dienone is 4. The van der Waals surface area contributed by atoms with E-state index in [1.54, 1.807) is 0 Å². The highest BCUT2D eigenvalue weighted by Gasteiger charge is 2.48. The third-order valence-corrected chi connectivity index (χ3v) is 13.5. The number of carbonyl (C=O) groups excluding carboxylic acids is 1. The maximum Gasteiger partial charge on any atom is 0.397 e. The first-order valence-corrected chi connectivity index (χ1v) is 29.5. The van der Waals surface area contributed by atoms with E-state index in [9.17, 15) is 33.1 Å². The van der Waals surface area contributed by atoms with Crippen LogP contribution in [0.15, 0.2) is 24.3 Å². The zero-order valence-electron chi connectivity index (χ0n) is 43.4. The van der Waals surface area contributed by atoms with Crippen molar-refractivity contribution in [3.05, 3.63) is 24.3 Å². The van der Waals surface area contributed by atoms with Crippen LogP contribution in [0.3, 0.4) is 0 Å². The average Bonchev–Trinajstić information content (AvgIpc) is 3.31. The van der Waals surface area contributed by atoms with Crippen molar-refractivity contribution in [2.45, 2.75) is 295 Å². The molecule has 1 heterocycles. The van der Waals surface area contributed by atoms with Crippen molar-refractivity contribution in [1.29, 1.82) is 0 Å². The lowest BCUT2D eigenvalue weighted by molar-refractivity contribution is -0.301. The van der Waals surface area contributed by atoms with E-state index in [-0.39, 0.29) is 19.6 Å². The van der Waals surface area contributed by atoms with E-state index in [1.807, 2.05) is 0 Å². The van der Waals surface area contributed by atoms with Crippen LogP contribution in [0.25, 0.3) is 0 Å². The van der Waals surface area contributed by atoms with Gasteiger partial charge < -0.3 is 34.3 Å². The Morgan fingerprint density at radius 3 is 1.43 bits per heavy atom. The number of hydrogen-bond donors (Lipinski definition) is 4. The van der Waals surface area contributed by atoms with Crippen molar-refractivity contribution < 1.29 is 56.2 Å². The van der Waals surface area contributed by atoms with Gasteiger partial charge in [0.25, 0.3) is 0 Å². The molecule has 0 saturated carbocycles. The Morgan fingerprint density at radius 2 is 0.971 bits per heavy atom. The number of carbonyl (C=O) groups is 1. The lowest BCUT2D eigenvalue weighted by Crippen LogP contribution is -2.60. The molecule has 402 valence electrons. The van der Waals surface area contributed by atoms with Gasteiger partial charge >= 0.3 is 16.4 Å². The summed E-state index contributed by atoms with van der Waals surface area (Å²) in [4.78, 5) is 12.9. The van der Waals surface area contributed by atoms with E-state index < -0.39 is 59.8 Å². The first-order valence-electron chi connectivity index (χ1n) is 28.1. The molecule has 6 atom stereocenters. The van der Waals surface area contributed by atoms with Gasteiger partial charge in [-0.2, -0.15) is 8.42 Å². The third-order valence-electron chi connectivity index (χ3n) is 13.1. The highest BCUT2D eigenvalue weighted by atomic mass is 32.3. The van der Waals surface area contributed by atoms with E-state index in [1.165, 1.54) is 186 Å². The molecule has 0 aromatic heterocycles. The molecule has 0 spiro atoms. The first-order chi connectivity index (χ1) is 33.1. The fourth-order valence-corrected chi connectivity index (χ4v) is 9.33. The molecule has 12 nitrogen and oxygen atoms in total. The second-order valence-corrected chi connectivity index (χ2v) is 20.6. The first kappa shape index (κ1) is 64.6. The smallest absolute Gasteiger partial charge is 0.397 e. The summed E-state index contributed by atoms with van der Waals surface area (Å²) in [6.45, 7) is 4.02. The molecule has 13 heteroatoms. The zero-order chi connectivity index (χ0) is 49.6. The summed E-state index contributed by atoms with van der Waals surface area (Å²) in [6.07, 6.45) is 46.4. The lowest BCUT2D eigenvalue weighted by atomic mass is 9.99. The predicted molar refractivity (Wildman–Crippen MR) is 276 cm³/mol. The molecule has 0 aromatic carbocycles. The van der Waals surface area contributed by atoms with Gasteiger partial charge in [-0.1, -0.05) is 231 Å². The van der Waals surface area contributed by atoms with Crippen LogP contribution in [0.1, 0.15) is 258 Å². The molecule has 1 aliphatic heterocycles. The van der Waals surface area contributed by atoms with Gasteiger partial charge in [-0.3, -0.25) is 9.35 Å². The molecular formula is C55H104O12S. The maximum atomic E-state index is 12.9. The molecule has 0 amide bonds. The monoisotopic (exact) mass is 989 g/mol. The molecule has 1 rings (SSSR count). The summed E-state index contributed by atoms with van der Waals surface area (Å²) in [7, 11) is -5.06. The SMILES string of the molecule is CCCCC/C=C\C/C=C\CCCCCCCCCCCCOCC(COC1OC(CO)C(O)C(OS(=O)(=O)O)C1O)OC(=O)CCCCCCCCCCCCCCCCCCCCCCC. The minimum Gasteiger partial charge on any atom is -0.457 e. The van der Waals surface area contributed by atoms with Crippen molar-refractivity contribution in [3.8, 4) is 0 Å². The number of aliphatic hydroxyl groups is 3. The fraction of sp³-hybridized carbons (Fsp3) is 0.909. The zero-order valence-corrected chi connectivity index (χ0v) is 44.3. The van der Waals surface area contributed by atoms with Gasteiger partial charge in [-0.05, 0) is 44.9 Å². The predicted octanol–water partition coefficient (Wildman–Crippen LogP) is 13.5. The van der Waals surface area contributed by atoms with Crippen LogP contribution in [-0.4, -0.2) is 97.5 Å². The van der Waals surface area contributed by atoms with Gasteiger partial charge in [0.15, 0.2) is 6.29 Å². The van der Waals surface area contributed by atoms with E-state index in [0.717, 1.165) is 44.9 Å². The molecular weight excluding hydrogens is 885 g/mol. The molecule has 4 N–H and O–H groups in total. The molecule has 1 aliphatic rings. The second-order valence-electron chi connectivity index (χ2n) is 19.5. The van der Waals surface area contributed by atoms with Crippen LogP contribution < -0.4 is 0 Å². The Balaban J connectivity index is 2.30. The van der Waals surface area contributed by atoms with Crippen molar-refractivity contribution in [3.63, 3.8) is 0 Å². The molecule has 0 bridgehead atoms. The van der Waals surface area contributed by atoms with Crippen LogP contribution in [0.2, 0.25) is 0 Å². The number of aliphatic hydroxyl groups excluding tert-OH is 3. The second kappa shape index (κ2) is 46.6. The summed E-state index contributed by atoms with van der Waals surface area (Å²) >= 11 is 0. The number of esters is 1. The number of rotatable bonds is 50. The van der Waals surface area contributed by atoms with Crippen molar-refractivity contribution >= 4 is 16.4 Å². The number of unbranched alkanes of at least 4 members (excludes halogenated alkanes) is 33. The van der Waals surface area contributed by atoms with Gasteiger partial charge in [0.2, 0.25) is 0 Å². The van der Waals surface area contributed by atoms with Crippen molar-refractivity contribution in [2.75, 3.05) is 26.4 Å². The summed E-state index contributed by atoms with van der Waals surface area (Å²) in [5.41, 5.74) is 0. The molecule has 0 aliphatic carbocycles. The van der Waals surface area contributed by atoms with E-state index in [2.05, 4.69) is 42.3 Å². The molecule has 0 radical (unpaired) electrons. The number of ether oxygens (including phenoxy) is 4.